The van der Waals surface area contributed by atoms with Crippen LogP contribution in [0.25, 0.3) is 0 Å². The number of rotatable bonds is 7. The molecule has 3 rings (SSSR count). The number of morpholine rings is 1. The van der Waals surface area contributed by atoms with Crippen LogP contribution in [0.15, 0.2) is 36.5 Å². The van der Waals surface area contributed by atoms with E-state index in [0.717, 1.165) is 37.6 Å². The number of carbonyl (C=O) groups excluding carboxylic acids is 1. The van der Waals surface area contributed by atoms with Gasteiger partial charge in [-0.2, -0.15) is 5.10 Å². The molecule has 8 nitrogen and oxygen atoms in total. The van der Waals surface area contributed by atoms with Gasteiger partial charge in [0.25, 0.3) is 0 Å². The topological polar surface area (TPSA) is 80.6 Å². The lowest BCUT2D eigenvalue weighted by Gasteiger charge is -2.32. The molecule has 2 aromatic rings. The highest BCUT2D eigenvalue weighted by Gasteiger charge is 2.18. The summed E-state index contributed by atoms with van der Waals surface area (Å²) in [5.74, 6) is 1.43. The van der Waals surface area contributed by atoms with E-state index in [1.807, 2.05) is 24.3 Å². The number of methoxy groups -OCH3 is 1. The van der Waals surface area contributed by atoms with Crippen LogP contribution in [-0.2, 0) is 11.3 Å². The van der Waals surface area contributed by atoms with Crippen LogP contribution < -0.4 is 15.4 Å². The van der Waals surface area contributed by atoms with Crippen molar-refractivity contribution in [2.24, 2.45) is 0 Å². The fourth-order valence-corrected chi connectivity index (χ4v) is 3.11. The first-order chi connectivity index (χ1) is 13.2. The number of benzene rings is 1. The highest BCUT2D eigenvalue weighted by molar-refractivity contribution is 5.88. The van der Waals surface area contributed by atoms with Crippen molar-refractivity contribution < 1.29 is 14.3 Å². The predicted octanol–water partition coefficient (Wildman–Crippen LogP) is 1.78. The van der Waals surface area contributed by atoms with Gasteiger partial charge in [0.2, 0.25) is 0 Å². The fraction of sp³-hybridized carbons (Fsp3) is 0.474. The maximum atomic E-state index is 12.3. The minimum atomic E-state index is -0.239. The van der Waals surface area contributed by atoms with E-state index in [0.29, 0.717) is 18.9 Å². The van der Waals surface area contributed by atoms with E-state index in [4.69, 9.17) is 9.47 Å². The van der Waals surface area contributed by atoms with Crippen molar-refractivity contribution in [1.29, 1.82) is 0 Å². The Morgan fingerprint density at radius 2 is 2.07 bits per heavy atom. The van der Waals surface area contributed by atoms with Gasteiger partial charge in [0.15, 0.2) is 0 Å². The van der Waals surface area contributed by atoms with Crippen molar-refractivity contribution in [3.8, 4) is 5.75 Å². The number of aromatic nitrogens is 2. The molecule has 146 valence electrons. The smallest absolute Gasteiger partial charge is 0.320 e. The Balaban J connectivity index is 1.53. The highest BCUT2D eigenvalue weighted by atomic mass is 16.5. The molecular weight excluding hydrogens is 346 g/mol. The molecule has 1 fully saturated rings. The number of urea groups is 1. The van der Waals surface area contributed by atoms with Gasteiger partial charge in [-0.25, -0.2) is 9.48 Å². The van der Waals surface area contributed by atoms with Gasteiger partial charge in [-0.05, 0) is 13.0 Å². The molecule has 0 aliphatic carbocycles. The largest absolute Gasteiger partial charge is 0.496 e. The lowest BCUT2D eigenvalue weighted by atomic mass is 10.2. The van der Waals surface area contributed by atoms with Gasteiger partial charge in [-0.15, -0.1) is 0 Å². The number of amides is 2. The average molecular weight is 373 g/mol. The molecule has 0 saturated carbocycles. The van der Waals surface area contributed by atoms with Crippen molar-refractivity contribution in [1.82, 2.24) is 20.0 Å². The summed E-state index contributed by atoms with van der Waals surface area (Å²) in [6, 6.07) is 9.57. The Labute approximate surface area is 159 Å². The summed E-state index contributed by atoms with van der Waals surface area (Å²) in [6.07, 6.45) is 1.67. The normalized spacial score (nSPS) is 15.9. The van der Waals surface area contributed by atoms with Gasteiger partial charge in [0.1, 0.15) is 11.6 Å². The monoisotopic (exact) mass is 373 g/mol. The van der Waals surface area contributed by atoms with Crippen LogP contribution in [0.2, 0.25) is 0 Å². The maximum Gasteiger partial charge on any atom is 0.320 e. The fourth-order valence-electron chi connectivity index (χ4n) is 3.11. The first-order valence-corrected chi connectivity index (χ1v) is 9.17. The minimum Gasteiger partial charge on any atom is -0.496 e. The molecule has 2 N–H and O–H groups in total. The molecule has 0 bridgehead atoms. The molecular formula is C19H27N5O3. The predicted molar refractivity (Wildman–Crippen MR) is 103 cm³/mol. The summed E-state index contributed by atoms with van der Waals surface area (Å²) in [7, 11) is 1.64. The van der Waals surface area contributed by atoms with Crippen molar-refractivity contribution in [3.63, 3.8) is 0 Å². The molecule has 2 amide bonds. The van der Waals surface area contributed by atoms with Crippen molar-refractivity contribution in [2.45, 2.75) is 19.5 Å². The quantitative estimate of drug-likeness (QED) is 0.773. The second-order valence-electron chi connectivity index (χ2n) is 6.52. The van der Waals surface area contributed by atoms with Crippen LogP contribution in [0.1, 0.15) is 12.5 Å². The first-order valence-electron chi connectivity index (χ1n) is 9.17. The lowest BCUT2D eigenvalue weighted by molar-refractivity contribution is 0.0209. The molecule has 1 unspecified atom stereocenters. The van der Waals surface area contributed by atoms with E-state index in [1.165, 1.54) is 0 Å². The SMILES string of the molecule is COc1ccccc1Cn1nccc1NC(=O)NCC(C)N1CCOCC1. The minimum absolute atomic E-state index is 0.239. The third-order valence-corrected chi connectivity index (χ3v) is 4.70. The molecule has 1 aliphatic rings. The third kappa shape index (κ3) is 5.21. The number of hydrogen-bond acceptors (Lipinski definition) is 5. The van der Waals surface area contributed by atoms with Crippen LogP contribution in [0, 0.1) is 0 Å². The Hall–Kier alpha value is -2.58. The summed E-state index contributed by atoms with van der Waals surface area (Å²) in [6.45, 7) is 6.49. The Kier molecular flexibility index (Phi) is 6.67. The van der Waals surface area contributed by atoms with Gasteiger partial charge in [-0.3, -0.25) is 10.2 Å². The molecule has 0 spiro atoms. The Bertz CT molecular complexity index is 742. The number of ether oxygens (including phenoxy) is 2. The number of nitrogens with one attached hydrogen (secondary N) is 2. The van der Waals surface area contributed by atoms with Gasteiger partial charge in [0, 0.05) is 37.3 Å². The number of anilines is 1. The van der Waals surface area contributed by atoms with Crippen molar-refractivity contribution >= 4 is 11.8 Å². The zero-order valence-electron chi connectivity index (χ0n) is 15.9. The molecule has 2 heterocycles. The van der Waals surface area contributed by atoms with Crippen molar-refractivity contribution in [2.75, 3.05) is 45.3 Å². The number of hydrogen-bond donors (Lipinski definition) is 2. The summed E-state index contributed by atoms with van der Waals surface area (Å²) in [5.41, 5.74) is 0.994. The van der Waals surface area contributed by atoms with E-state index in [1.54, 1.807) is 24.1 Å². The van der Waals surface area contributed by atoms with Crippen LogP contribution >= 0.6 is 0 Å². The molecule has 1 aliphatic heterocycles. The van der Waals surface area contributed by atoms with E-state index in [2.05, 4.69) is 27.6 Å². The summed E-state index contributed by atoms with van der Waals surface area (Å²) >= 11 is 0. The zero-order chi connectivity index (χ0) is 19.1. The second-order valence-corrected chi connectivity index (χ2v) is 6.52. The van der Waals surface area contributed by atoms with Crippen LogP contribution in [0.4, 0.5) is 10.6 Å². The standard InChI is InChI=1S/C19H27N5O3/c1-15(23-9-11-27-12-10-23)13-20-19(25)22-18-7-8-21-24(18)14-16-5-3-4-6-17(16)26-2/h3-8,15H,9-14H2,1-2H3,(H2,20,22,25). The van der Waals surface area contributed by atoms with Crippen LogP contribution in [0.3, 0.4) is 0 Å². The van der Waals surface area contributed by atoms with E-state index in [-0.39, 0.29) is 12.1 Å². The van der Waals surface area contributed by atoms with E-state index >= 15 is 0 Å². The van der Waals surface area contributed by atoms with Crippen LogP contribution in [0.5, 0.6) is 5.75 Å². The molecule has 27 heavy (non-hydrogen) atoms. The summed E-state index contributed by atoms with van der Waals surface area (Å²) < 4.78 is 12.5. The van der Waals surface area contributed by atoms with Crippen molar-refractivity contribution in [3.05, 3.63) is 42.1 Å². The van der Waals surface area contributed by atoms with E-state index < -0.39 is 0 Å². The van der Waals surface area contributed by atoms with Crippen LogP contribution in [-0.4, -0.2) is 66.7 Å². The van der Waals surface area contributed by atoms with Gasteiger partial charge < -0.3 is 14.8 Å². The highest BCUT2D eigenvalue weighted by Crippen LogP contribution is 2.20. The molecule has 8 heteroatoms. The molecule has 1 aromatic carbocycles. The van der Waals surface area contributed by atoms with Gasteiger partial charge in [0.05, 0.1) is 33.1 Å². The number of carbonyl (C=O) groups is 1. The van der Waals surface area contributed by atoms with Gasteiger partial charge in [-0.1, -0.05) is 18.2 Å². The number of para-hydroxylation sites is 1. The second kappa shape index (κ2) is 9.38. The maximum absolute atomic E-state index is 12.3. The average Bonchev–Trinajstić information content (AvgIpc) is 3.13. The first kappa shape index (κ1) is 19.2. The van der Waals surface area contributed by atoms with Gasteiger partial charge >= 0.3 is 6.03 Å². The molecule has 1 saturated heterocycles. The number of nitrogens with zero attached hydrogens (tertiary/aromatic N) is 3. The molecule has 1 aromatic heterocycles. The Morgan fingerprint density at radius 3 is 2.85 bits per heavy atom. The summed E-state index contributed by atoms with van der Waals surface area (Å²) in [5, 5.41) is 10.1. The Morgan fingerprint density at radius 1 is 1.30 bits per heavy atom. The van der Waals surface area contributed by atoms with E-state index in [9.17, 15) is 4.79 Å². The summed E-state index contributed by atoms with van der Waals surface area (Å²) in [4.78, 5) is 14.6. The lowest BCUT2D eigenvalue weighted by Crippen LogP contribution is -2.47. The zero-order valence-corrected chi connectivity index (χ0v) is 15.9. The third-order valence-electron chi connectivity index (χ3n) is 4.70. The molecule has 0 radical (unpaired) electrons. The molecule has 1 atom stereocenters.